The number of rotatable bonds is 5. The lowest BCUT2D eigenvalue weighted by Crippen LogP contribution is -2.58. The van der Waals surface area contributed by atoms with Crippen LogP contribution in [0.5, 0.6) is 5.75 Å². The summed E-state index contributed by atoms with van der Waals surface area (Å²) in [5.74, 6) is 0.737. The average molecular weight is 250 g/mol. The van der Waals surface area contributed by atoms with E-state index in [1.807, 2.05) is 24.3 Å². The van der Waals surface area contributed by atoms with Crippen molar-refractivity contribution in [1.29, 1.82) is 0 Å². The smallest absolute Gasteiger partial charge is 0.232 e. The SMILES string of the molecule is COc1cccc(CNC(=O)C2(CN)COC2)c1. The van der Waals surface area contributed by atoms with Crippen LogP contribution in [-0.4, -0.2) is 32.8 Å². The van der Waals surface area contributed by atoms with Crippen molar-refractivity contribution >= 4 is 5.91 Å². The molecule has 0 unspecified atom stereocenters. The summed E-state index contributed by atoms with van der Waals surface area (Å²) in [5, 5.41) is 2.89. The van der Waals surface area contributed by atoms with Crippen molar-refractivity contribution in [3.63, 3.8) is 0 Å². The van der Waals surface area contributed by atoms with Gasteiger partial charge in [-0.15, -0.1) is 0 Å². The molecule has 1 aliphatic rings. The number of hydrogen-bond donors (Lipinski definition) is 2. The fourth-order valence-corrected chi connectivity index (χ4v) is 1.84. The van der Waals surface area contributed by atoms with Crippen LogP contribution < -0.4 is 15.8 Å². The molecule has 1 aliphatic heterocycles. The summed E-state index contributed by atoms with van der Waals surface area (Å²) in [7, 11) is 1.62. The van der Waals surface area contributed by atoms with Crippen LogP contribution in [0, 0.1) is 5.41 Å². The van der Waals surface area contributed by atoms with Crippen LogP contribution >= 0.6 is 0 Å². The van der Waals surface area contributed by atoms with Crippen molar-refractivity contribution in [2.45, 2.75) is 6.54 Å². The molecule has 1 heterocycles. The van der Waals surface area contributed by atoms with E-state index >= 15 is 0 Å². The summed E-state index contributed by atoms with van der Waals surface area (Å²) in [6.07, 6.45) is 0. The van der Waals surface area contributed by atoms with Crippen LogP contribution in [0.4, 0.5) is 0 Å². The summed E-state index contributed by atoms with van der Waals surface area (Å²) in [5.41, 5.74) is 6.09. The van der Waals surface area contributed by atoms with Crippen molar-refractivity contribution in [2.24, 2.45) is 11.1 Å². The summed E-state index contributed by atoms with van der Waals surface area (Å²) < 4.78 is 10.2. The second kappa shape index (κ2) is 5.37. The molecular formula is C13H18N2O3. The molecule has 0 spiro atoms. The highest BCUT2D eigenvalue weighted by Crippen LogP contribution is 2.26. The molecule has 0 aromatic heterocycles. The Kier molecular flexibility index (Phi) is 3.84. The molecule has 5 heteroatoms. The van der Waals surface area contributed by atoms with Gasteiger partial charge >= 0.3 is 0 Å². The Bertz CT molecular complexity index is 424. The van der Waals surface area contributed by atoms with Crippen molar-refractivity contribution in [2.75, 3.05) is 26.9 Å². The fraction of sp³-hybridized carbons (Fsp3) is 0.462. The van der Waals surface area contributed by atoms with E-state index in [0.717, 1.165) is 11.3 Å². The maximum Gasteiger partial charge on any atom is 0.232 e. The molecule has 18 heavy (non-hydrogen) atoms. The Morgan fingerprint density at radius 3 is 2.89 bits per heavy atom. The molecule has 2 rings (SSSR count). The van der Waals surface area contributed by atoms with E-state index in [-0.39, 0.29) is 5.91 Å². The van der Waals surface area contributed by atoms with Gasteiger partial charge in [0, 0.05) is 13.1 Å². The molecule has 98 valence electrons. The standard InChI is InChI=1S/C13H18N2O3/c1-17-11-4-2-3-10(5-11)6-15-12(16)13(7-14)8-18-9-13/h2-5H,6-9,14H2,1H3,(H,15,16). The lowest BCUT2D eigenvalue weighted by molar-refractivity contribution is -0.159. The summed E-state index contributed by atoms with van der Waals surface area (Å²) in [4.78, 5) is 12.0. The Morgan fingerprint density at radius 1 is 1.56 bits per heavy atom. The first-order chi connectivity index (χ1) is 8.70. The number of benzene rings is 1. The largest absolute Gasteiger partial charge is 0.497 e. The maximum absolute atomic E-state index is 12.0. The zero-order chi connectivity index (χ0) is 13.0. The van der Waals surface area contributed by atoms with Gasteiger partial charge in [-0.1, -0.05) is 12.1 Å². The molecule has 0 saturated carbocycles. The third-order valence-electron chi connectivity index (χ3n) is 3.22. The number of hydrogen-bond acceptors (Lipinski definition) is 4. The molecule has 0 bridgehead atoms. The predicted octanol–water partition coefficient (Wildman–Crippen LogP) is 0.287. The van der Waals surface area contributed by atoms with Crippen molar-refractivity contribution in [3.05, 3.63) is 29.8 Å². The molecule has 1 amide bonds. The zero-order valence-electron chi connectivity index (χ0n) is 10.4. The monoisotopic (exact) mass is 250 g/mol. The molecule has 0 radical (unpaired) electrons. The molecule has 1 saturated heterocycles. The molecule has 0 atom stereocenters. The topological polar surface area (TPSA) is 73.6 Å². The lowest BCUT2D eigenvalue weighted by atomic mass is 9.85. The predicted molar refractivity (Wildman–Crippen MR) is 67.1 cm³/mol. The lowest BCUT2D eigenvalue weighted by Gasteiger charge is -2.38. The highest BCUT2D eigenvalue weighted by atomic mass is 16.5. The number of methoxy groups -OCH3 is 1. The van der Waals surface area contributed by atoms with Crippen LogP contribution in [0.2, 0.25) is 0 Å². The van der Waals surface area contributed by atoms with Gasteiger partial charge in [0.05, 0.1) is 20.3 Å². The Balaban J connectivity index is 1.92. The number of nitrogens with two attached hydrogens (primary N) is 1. The summed E-state index contributed by atoms with van der Waals surface area (Å²) in [6, 6.07) is 7.60. The number of carbonyl (C=O) groups excluding carboxylic acids is 1. The van der Waals surface area contributed by atoms with Gasteiger partial charge in [0.2, 0.25) is 5.91 Å². The molecule has 1 fully saturated rings. The fourth-order valence-electron chi connectivity index (χ4n) is 1.84. The Morgan fingerprint density at radius 2 is 2.33 bits per heavy atom. The minimum Gasteiger partial charge on any atom is -0.497 e. The van der Waals surface area contributed by atoms with E-state index in [2.05, 4.69) is 5.32 Å². The second-order valence-electron chi connectivity index (χ2n) is 4.51. The van der Waals surface area contributed by atoms with Gasteiger partial charge in [-0.05, 0) is 17.7 Å². The number of ether oxygens (including phenoxy) is 2. The molecule has 0 aliphatic carbocycles. The van der Waals surface area contributed by atoms with Gasteiger partial charge in [-0.3, -0.25) is 4.79 Å². The first kappa shape index (κ1) is 12.9. The number of carbonyl (C=O) groups is 1. The van der Waals surface area contributed by atoms with Crippen molar-refractivity contribution < 1.29 is 14.3 Å². The molecule has 1 aromatic rings. The normalized spacial score (nSPS) is 16.8. The first-order valence-electron chi connectivity index (χ1n) is 5.89. The van der Waals surface area contributed by atoms with Gasteiger partial charge in [0.25, 0.3) is 0 Å². The van der Waals surface area contributed by atoms with Crippen LogP contribution in [0.25, 0.3) is 0 Å². The minimum absolute atomic E-state index is 0.0425. The van der Waals surface area contributed by atoms with Crippen molar-refractivity contribution in [3.8, 4) is 5.75 Å². The highest BCUT2D eigenvalue weighted by molar-refractivity contribution is 5.84. The maximum atomic E-state index is 12.0. The quantitative estimate of drug-likeness (QED) is 0.787. The van der Waals surface area contributed by atoms with E-state index < -0.39 is 5.41 Å². The third kappa shape index (κ3) is 2.47. The number of amides is 1. The van der Waals surface area contributed by atoms with E-state index in [4.69, 9.17) is 15.2 Å². The number of nitrogens with one attached hydrogen (secondary N) is 1. The van der Waals surface area contributed by atoms with Gasteiger partial charge in [-0.2, -0.15) is 0 Å². The van der Waals surface area contributed by atoms with E-state index in [0.29, 0.717) is 26.3 Å². The van der Waals surface area contributed by atoms with Gasteiger partial charge < -0.3 is 20.5 Å². The van der Waals surface area contributed by atoms with Crippen LogP contribution in [0.15, 0.2) is 24.3 Å². The second-order valence-corrected chi connectivity index (χ2v) is 4.51. The van der Waals surface area contributed by atoms with Crippen LogP contribution in [-0.2, 0) is 16.1 Å². The van der Waals surface area contributed by atoms with E-state index in [1.54, 1.807) is 7.11 Å². The minimum atomic E-state index is -0.529. The highest BCUT2D eigenvalue weighted by Gasteiger charge is 2.44. The van der Waals surface area contributed by atoms with Gasteiger partial charge in [0.15, 0.2) is 0 Å². The average Bonchev–Trinajstić information content (AvgIpc) is 2.36. The summed E-state index contributed by atoms with van der Waals surface area (Å²) in [6.45, 7) is 1.61. The van der Waals surface area contributed by atoms with Gasteiger partial charge in [-0.25, -0.2) is 0 Å². The van der Waals surface area contributed by atoms with E-state index in [1.165, 1.54) is 0 Å². The molecular weight excluding hydrogens is 232 g/mol. The van der Waals surface area contributed by atoms with Crippen LogP contribution in [0.1, 0.15) is 5.56 Å². The van der Waals surface area contributed by atoms with E-state index in [9.17, 15) is 4.79 Å². The third-order valence-corrected chi connectivity index (χ3v) is 3.22. The first-order valence-corrected chi connectivity index (χ1v) is 5.89. The van der Waals surface area contributed by atoms with Gasteiger partial charge in [0.1, 0.15) is 11.2 Å². The Hall–Kier alpha value is -1.59. The van der Waals surface area contributed by atoms with Crippen LogP contribution in [0.3, 0.4) is 0 Å². The molecule has 1 aromatic carbocycles. The van der Waals surface area contributed by atoms with Crippen molar-refractivity contribution in [1.82, 2.24) is 5.32 Å². The summed E-state index contributed by atoms with van der Waals surface area (Å²) >= 11 is 0. The Labute approximate surface area is 106 Å². The molecule has 3 N–H and O–H groups in total. The molecule has 5 nitrogen and oxygen atoms in total. The zero-order valence-corrected chi connectivity index (χ0v) is 10.4.